The van der Waals surface area contributed by atoms with Crippen molar-refractivity contribution in [2.75, 3.05) is 0 Å². The Kier molecular flexibility index (Phi) is 12.3. The zero-order chi connectivity index (χ0) is 13.8. The molecule has 0 spiro atoms. The minimum absolute atomic E-state index is 0.237. The number of rotatable bonds is 5. The van der Waals surface area contributed by atoms with Crippen LogP contribution >= 0.6 is 0 Å². The number of hydrogen-bond acceptors (Lipinski definition) is 2. The summed E-state index contributed by atoms with van der Waals surface area (Å²) in [6.07, 6.45) is 4.01. The molecular formula is C14H26O3. The van der Waals surface area contributed by atoms with Crippen LogP contribution in [0.15, 0.2) is 16.9 Å². The first kappa shape index (κ1) is 18.3. The van der Waals surface area contributed by atoms with E-state index in [0.29, 0.717) is 0 Å². The Hall–Kier alpha value is -1.05. The van der Waals surface area contributed by atoms with Gasteiger partial charge in [0.15, 0.2) is 0 Å². The summed E-state index contributed by atoms with van der Waals surface area (Å²) in [5.74, 6) is -0.833. The Balaban J connectivity index is 0. The molecule has 0 unspecified atom stereocenters. The van der Waals surface area contributed by atoms with Crippen molar-refractivity contribution in [2.45, 2.75) is 66.4 Å². The maximum atomic E-state index is 9.26. The van der Waals surface area contributed by atoms with Crippen LogP contribution in [-0.4, -0.2) is 22.3 Å². The van der Waals surface area contributed by atoms with Gasteiger partial charge in [-0.2, -0.15) is 0 Å². The van der Waals surface area contributed by atoms with Crippen LogP contribution in [0, 0.1) is 0 Å². The van der Waals surface area contributed by atoms with Crippen molar-refractivity contribution in [2.24, 2.45) is 0 Å². The molecule has 17 heavy (non-hydrogen) atoms. The highest BCUT2D eigenvalue weighted by Crippen LogP contribution is 2.13. The molecule has 0 aliphatic carbocycles. The van der Waals surface area contributed by atoms with Gasteiger partial charge >= 0.3 is 0 Å². The third-order valence-electron chi connectivity index (χ3n) is 1.80. The summed E-state index contributed by atoms with van der Waals surface area (Å²) in [5.41, 5.74) is 5.78. The summed E-state index contributed by atoms with van der Waals surface area (Å²) < 4.78 is 0. The third-order valence-corrected chi connectivity index (χ3v) is 1.80. The molecule has 3 nitrogen and oxygen atoms in total. The third kappa shape index (κ3) is 20.9. The molecule has 0 saturated heterocycles. The molecule has 0 aromatic rings. The maximum Gasteiger partial charge on any atom is 0.300 e. The smallest absolute Gasteiger partial charge is 0.300 e. The quantitative estimate of drug-likeness (QED) is 0.725. The Morgan fingerprint density at radius 1 is 1.29 bits per heavy atom. The molecule has 0 aromatic heterocycles. The van der Waals surface area contributed by atoms with Gasteiger partial charge in [-0.3, -0.25) is 4.79 Å². The Morgan fingerprint density at radius 2 is 1.76 bits per heavy atom. The first-order valence-corrected chi connectivity index (χ1v) is 6.09. The standard InChI is InChI=1S/C12H22O.C2H4O2/c1-5-6-7-12(8-10(2)3)9-11(4)13;1-2(3)4/h11,13H,5-7,9H2,1-4H3;1H3,(H,3,4)/t11-;/m1./s1. The van der Waals surface area contributed by atoms with E-state index in [4.69, 9.17) is 9.90 Å². The summed E-state index contributed by atoms with van der Waals surface area (Å²) >= 11 is 0. The molecule has 100 valence electrons. The molecule has 3 heteroatoms. The molecule has 0 bridgehead atoms. The number of aliphatic hydroxyl groups is 1. The highest BCUT2D eigenvalue weighted by Gasteiger charge is 2.01. The number of carboxylic acids is 1. The maximum absolute atomic E-state index is 9.26. The van der Waals surface area contributed by atoms with Crippen LogP contribution in [0.4, 0.5) is 0 Å². The average Bonchev–Trinajstić information content (AvgIpc) is 2.11. The van der Waals surface area contributed by atoms with Crippen molar-refractivity contribution >= 4 is 5.97 Å². The van der Waals surface area contributed by atoms with E-state index in [1.54, 1.807) is 0 Å². The van der Waals surface area contributed by atoms with Crippen molar-refractivity contribution in [3.63, 3.8) is 0 Å². The van der Waals surface area contributed by atoms with Gasteiger partial charge in [-0.05, 0) is 44.8 Å². The predicted molar refractivity (Wildman–Crippen MR) is 71.0 cm³/mol. The van der Waals surface area contributed by atoms with Gasteiger partial charge in [0, 0.05) is 13.3 Å². The van der Waals surface area contributed by atoms with Gasteiger partial charge < -0.3 is 10.2 Å². The largest absolute Gasteiger partial charge is 0.481 e. The zero-order valence-corrected chi connectivity index (χ0v) is 11.7. The van der Waals surface area contributed by atoms with E-state index in [2.05, 4.69) is 12.7 Å². The lowest BCUT2D eigenvalue weighted by Gasteiger charge is -2.06. The van der Waals surface area contributed by atoms with Crippen molar-refractivity contribution in [1.29, 1.82) is 0 Å². The molecule has 0 heterocycles. The Morgan fingerprint density at radius 3 is 2.06 bits per heavy atom. The summed E-state index contributed by atoms with van der Waals surface area (Å²) in [4.78, 5) is 9.00. The normalized spacial score (nSPS) is 10.7. The van der Waals surface area contributed by atoms with Gasteiger partial charge in [-0.15, -0.1) is 5.73 Å². The number of hydrogen-bond donors (Lipinski definition) is 2. The summed E-state index contributed by atoms with van der Waals surface area (Å²) in [6.45, 7) is 9.20. The SMILES string of the molecule is CC(=O)O.CCCCC(=C=C(C)C)C[C@@H](C)O. The molecule has 1 atom stereocenters. The number of unbranched alkanes of at least 4 members (excludes halogenated alkanes) is 1. The van der Waals surface area contributed by atoms with Gasteiger partial charge in [0.25, 0.3) is 5.97 Å². The number of aliphatic hydroxyl groups excluding tert-OH is 1. The molecule has 0 fully saturated rings. The molecule has 0 amide bonds. The van der Waals surface area contributed by atoms with Crippen LogP contribution in [0.1, 0.15) is 60.3 Å². The fourth-order valence-corrected chi connectivity index (χ4v) is 1.32. The molecule has 0 aromatic carbocycles. The second kappa shape index (κ2) is 11.4. The molecule has 0 saturated carbocycles. The topological polar surface area (TPSA) is 57.5 Å². The molecule has 0 aliphatic rings. The van der Waals surface area contributed by atoms with Crippen molar-refractivity contribution in [3.8, 4) is 0 Å². The van der Waals surface area contributed by atoms with Crippen LogP contribution in [0.3, 0.4) is 0 Å². The fourth-order valence-electron chi connectivity index (χ4n) is 1.32. The fraction of sp³-hybridized carbons (Fsp3) is 0.714. The lowest BCUT2D eigenvalue weighted by Crippen LogP contribution is -2.01. The monoisotopic (exact) mass is 242 g/mol. The number of aliphatic carboxylic acids is 1. The lowest BCUT2D eigenvalue weighted by molar-refractivity contribution is -0.134. The van der Waals surface area contributed by atoms with E-state index < -0.39 is 5.97 Å². The number of carbonyl (C=O) groups is 1. The van der Waals surface area contributed by atoms with Gasteiger partial charge in [0.2, 0.25) is 0 Å². The van der Waals surface area contributed by atoms with Crippen molar-refractivity contribution < 1.29 is 15.0 Å². The first-order valence-electron chi connectivity index (χ1n) is 6.09. The van der Waals surface area contributed by atoms with E-state index in [9.17, 15) is 5.11 Å². The second-order valence-corrected chi connectivity index (χ2v) is 4.40. The summed E-state index contributed by atoms with van der Waals surface area (Å²) in [5, 5.41) is 16.7. The van der Waals surface area contributed by atoms with E-state index in [1.165, 1.54) is 24.0 Å². The van der Waals surface area contributed by atoms with Gasteiger partial charge in [-0.1, -0.05) is 13.3 Å². The highest BCUT2D eigenvalue weighted by molar-refractivity contribution is 5.62. The van der Waals surface area contributed by atoms with Gasteiger partial charge in [-0.25, -0.2) is 0 Å². The van der Waals surface area contributed by atoms with Crippen LogP contribution in [0.2, 0.25) is 0 Å². The first-order chi connectivity index (χ1) is 7.79. The molecule has 0 rings (SSSR count). The average molecular weight is 242 g/mol. The van der Waals surface area contributed by atoms with Crippen LogP contribution in [0.25, 0.3) is 0 Å². The second-order valence-electron chi connectivity index (χ2n) is 4.40. The van der Waals surface area contributed by atoms with E-state index in [0.717, 1.165) is 19.8 Å². The lowest BCUT2D eigenvalue weighted by atomic mass is 10.0. The summed E-state index contributed by atoms with van der Waals surface area (Å²) in [7, 11) is 0. The molecule has 2 N–H and O–H groups in total. The van der Waals surface area contributed by atoms with Crippen LogP contribution < -0.4 is 0 Å². The highest BCUT2D eigenvalue weighted by atomic mass is 16.4. The Bertz CT molecular complexity index is 263. The van der Waals surface area contributed by atoms with Crippen molar-refractivity contribution in [1.82, 2.24) is 0 Å². The predicted octanol–water partition coefficient (Wildman–Crippen LogP) is 3.53. The Labute approximate surface area is 105 Å². The van der Waals surface area contributed by atoms with Crippen LogP contribution in [-0.2, 0) is 4.79 Å². The minimum Gasteiger partial charge on any atom is -0.481 e. The zero-order valence-electron chi connectivity index (χ0n) is 11.7. The van der Waals surface area contributed by atoms with E-state index in [-0.39, 0.29) is 6.10 Å². The number of carboxylic acid groups (broad SMARTS) is 1. The van der Waals surface area contributed by atoms with Gasteiger partial charge in [0.1, 0.15) is 0 Å². The molecule has 0 radical (unpaired) electrons. The summed E-state index contributed by atoms with van der Waals surface area (Å²) in [6, 6.07) is 0. The van der Waals surface area contributed by atoms with E-state index >= 15 is 0 Å². The van der Waals surface area contributed by atoms with E-state index in [1.807, 2.05) is 20.8 Å². The van der Waals surface area contributed by atoms with Crippen molar-refractivity contribution in [3.05, 3.63) is 16.9 Å². The van der Waals surface area contributed by atoms with Crippen LogP contribution in [0.5, 0.6) is 0 Å². The minimum atomic E-state index is -0.833. The van der Waals surface area contributed by atoms with Gasteiger partial charge in [0.05, 0.1) is 6.10 Å². The molecule has 0 aliphatic heterocycles. The molecular weight excluding hydrogens is 216 g/mol.